The molecule has 6 heteroatoms. The fourth-order valence-electron chi connectivity index (χ4n) is 3.10. The van der Waals surface area contributed by atoms with Crippen LogP contribution in [0.15, 0.2) is 46.2 Å². The van der Waals surface area contributed by atoms with Gasteiger partial charge in [0.25, 0.3) is 5.56 Å². The summed E-state index contributed by atoms with van der Waals surface area (Å²) >= 11 is 0. The molecule has 1 aromatic carbocycles. The molecule has 0 saturated carbocycles. The second kappa shape index (κ2) is 11.9. The number of guanidine groups is 1. The van der Waals surface area contributed by atoms with Crippen molar-refractivity contribution in [3.05, 3.63) is 63.6 Å². The van der Waals surface area contributed by atoms with E-state index in [1.165, 1.54) is 5.56 Å². The summed E-state index contributed by atoms with van der Waals surface area (Å²) in [5.74, 6) is 1.69. The topological polar surface area (TPSA) is 67.7 Å². The van der Waals surface area contributed by atoms with Gasteiger partial charge in [-0.25, -0.2) is 4.99 Å². The third-order valence-electron chi connectivity index (χ3n) is 4.64. The molecule has 2 rings (SSSR count). The van der Waals surface area contributed by atoms with Crippen molar-refractivity contribution in [2.75, 3.05) is 19.7 Å². The number of benzene rings is 1. The molecular formula is C23H34N4O2. The molecule has 0 aliphatic heterocycles. The predicted octanol–water partition coefficient (Wildman–Crippen LogP) is 3.40. The van der Waals surface area contributed by atoms with E-state index < -0.39 is 0 Å². The molecule has 0 amide bonds. The second-order valence-electron chi connectivity index (χ2n) is 7.03. The number of pyridine rings is 1. The van der Waals surface area contributed by atoms with Crippen LogP contribution in [0.4, 0.5) is 0 Å². The maximum atomic E-state index is 11.9. The number of aryl methyl sites for hydroxylation is 2. The van der Waals surface area contributed by atoms with Gasteiger partial charge in [-0.3, -0.25) is 4.79 Å². The van der Waals surface area contributed by atoms with Gasteiger partial charge in [-0.2, -0.15) is 0 Å². The van der Waals surface area contributed by atoms with Crippen molar-refractivity contribution >= 4 is 5.96 Å². The number of nitrogens with zero attached hydrogens (tertiary/aromatic N) is 2. The Bertz CT molecular complexity index is 858. The zero-order chi connectivity index (χ0) is 21.1. The van der Waals surface area contributed by atoms with Crippen LogP contribution in [0.3, 0.4) is 0 Å². The molecule has 0 fully saturated rings. The molecule has 2 N–H and O–H groups in total. The van der Waals surface area contributed by atoms with Crippen LogP contribution in [-0.2, 0) is 13.1 Å². The quantitative estimate of drug-likeness (QED) is 0.366. The second-order valence-corrected chi connectivity index (χ2v) is 7.03. The molecule has 0 unspecified atom stereocenters. The van der Waals surface area contributed by atoms with Gasteiger partial charge < -0.3 is 19.9 Å². The number of aromatic nitrogens is 1. The van der Waals surface area contributed by atoms with Crippen molar-refractivity contribution in [1.82, 2.24) is 15.2 Å². The largest absolute Gasteiger partial charge is 0.494 e. The number of unbranched alkanes of at least 4 members (excludes halogenated alkanes) is 1. The van der Waals surface area contributed by atoms with Crippen molar-refractivity contribution in [2.24, 2.45) is 4.99 Å². The van der Waals surface area contributed by atoms with Crippen LogP contribution in [0.25, 0.3) is 0 Å². The Labute approximate surface area is 174 Å². The van der Waals surface area contributed by atoms with E-state index in [4.69, 9.17) is 9.73 Å². The van der Waals surface area contributed by atoms with Crippen LogP contribution < -0.4 is 20.9 Å². The van der Waals surface area contributed by atoms with Crippen molar-refractivity contribution in [2.45, 2.75) is 53.6 Å². The first-order valence-corrected chi connectivity index (χ1v) is 10.5. The zero-order valence-electron chi connectivity index (χ0n) is 18.1. The Hall–Kier alpha value is -2.76. The maximum absolute atomic E-state index is 11.9. The Morgan fingerprint density at radius 3 is 2.66 bits per heavy atom. The number of hydrogen-bond donors (Lipinski definition) is 2. The Morgan fingerprint density at radius 2 is 1.93 bits per heavy atom. The van der Waals surface area contributed by atoms with Crippen molar-refractivity contribution < 1.29 is 4.74 Å². The third-order valence-corrected chi connectivity index (χ3v) is 4.64. The average molecular weight is 399 g/mol. The molecule has 1 heterocycles. The number of aliphatic imine (C=N–C) groups is 1. The lowest BCUT2D eigenvalue weighted by Gasteiger charge is -2.13. The van der Waals surface area contributed by atoms with Crippen LogP contribution in [0.2, 0.25) is 0 Å². The summed E-state index contributed by atoms with van der Waals surface area (Å²) in [6.45, 7) is 11.6. The first kappa shape index (κ1) is 22.5. The van der Waals surface area contributed by atoms with Crippen LogP contribution in [0.5, 0.6) is 5.75 Å². The minimum absolute atomic E-state index is 0.0658. The lowest BCUT2D eigenvalue weighted by atomic mass is 10.1. The maximum Gasteiger partial charge on any atom is 0.250 e. The lowest BCUT2D eigenvalue weighted by Crippen LogP contribution is -2.37. The van der Waals surface area contributed by atoms with Crippen LogP contribution in [0, 0.1) is 13.8 Å². The summed E-state index contributed by atoms with van der Waals surface area (Å²) in [4.78, 5) is 16.6. The van der Waals surface area contributed by atoms with Gasteiger partial charge in [0.2, 0.25) is 0 Å². The first-order chi connectivity index (χ1) is 14.0. The van der Waals surface area contributed by atoms with Gasteiger partial charge in [0.1, 0.15) is 5.75 Å². The highest BCUT2D eigenvalue weighted by Crippen LogP contribution is 2.21. The number of rotatable bonds is 10. The van der Waals surface area contributed by atoms with E-state index in [0.717, 1.165) is 55.4 Å². The highest BCUT2D eigenvalue weighted by Gasteiger charge is 2.05. The fraction of sp³-hybridized carbons (Fsp3) is 0.478. The summed E-state index contributed by atoms with van der Waals surface area (Å²) < 4.78 is 7.57. The minimum Gasteiger partial charge on any atom is -0.494 e. The molecule has 0 spiro atoms. The Morgan fingerprint density at radius 1 is 1.10 bits per heavy atom. The molecule has 0 aliphatic rings. The van der Waals surface area contributed by atoms with E-state index in [9.17, 15) is 4.79 Å². The normalized spacial score (nSPS) is 11.4. The molecule has 29 heavy (non-hydrogen) atoms. The number of ether oxygens (including phenoxy) is 1. The number of nitrogens with one attached hydrogen (secondary N) is 2. The lowest BCUT2D eigenvalue weighted by molar-refractivity contribution is 0.336. The van der Waals surface area contributed by atoms with E-state index in [1.54, 1.807) is 12.1 Å². The van der Waals surface area contributed by atoms with E-state index in [2.05, 4.69) is 42.7 Å². The van der Waals surface area contributed by atoms with E-state index in [-0.39, 0.29) is 5.56 Å². The average Bonchev–Trinajstić information content (AvgIpc) is 2.69. The van der Waals surface area contributed by atoms with E-state index >= 15 is 0 Å². The van der Waals surface area contributed by atoms with Crippen LogP contribution in [-0.4, -0.2) is 30.2 Å². The van der Waals surface area contributed by atoms with Crippen molar-refractivity contribution in [3.8, 4) is 5.75 Å². The molecular weight excluding hydrogens is 364 g/mol. The van der Waals surface area contributed by atoms with E-state index in [1.807, 2.05) is 24.5 Å². The molecule has 0 saturated heterocycles. The highest BCUT2D eigenvalue weighted by atomic mass is 16.5. The Kier molecular flexibility index (Phi) is 9.28. The van der Waals surface area contributed by atoms with Crippen molar-refractivity contribution in [1.29, 1.82) is 0 Å². The predicted molar refractivity (Wildman–Crippen MR) is 120 cm³/mol. The Balaban J connectivity index is 1.87. The SMILES string of the molecule is CCNC(=NCc1ccc(C)cc1OCC)NCCCCn1c(C)cccc1=O. The minimum atomic E-state index is 0.0658. The molecule has 2 aromatic rings. The van der Waals surface area contributed by atoms with Gasteiger partial charge in [0.05, 0.1) is 13.2 Å². The first-order valence-electron chi connectivity index (χ1n) is 10.5. The van der Waals surface area contributed by atoms with Crippen molar-refractivity contribution in [3.63, 3.8) is 0 Å². The smallest absolute Gasteiger partial charge is 0.250 e. The highest BCUT2D eigenvalue weighted by molar-refractivity contribution is 5.79. The molecule has 158 valence electrons. The van der Waals surface area contributed by atoms with Gasteiger partial charge >= 0.3 is 0 Å². The van der Waals surface area contributed by atoms with Gasteiger partial charge in [-0.15, -0.1) is 0 Å². The zero-order valence-corrected chi connectivity index (χ0v) is 18.1. The van der Waals surface area contributed by atoms with Gasteiger partial charge in [-0.1, -0.05) is 18.2 Å². The standard InChI is InChI=1S/C23H34N4O2/c1-5-24-23(26-17-20-13-12-18(3)16-21(20)29-6-2)25-14-7-8-15-27-19(4)10-9-11-22(27)28/h9-13,16H,5-8,14-15,17H2,1-4H3,(H2,24,25,26). The third kappa shape index (κ3) is 7.29. The molecule has 6 nitrogen and oxygen atoms in total. The van der Waals surface area contributed by atoms with Crippen LogP contribution in [0.1, 0.15) is 43.5 Å². The van der Waals surface area contributed by atoms with Gasteiger partial charge in [-0.05, 0) is 58.2 Å². The fourth-order valence-corrected chi connectivity index (χ4v) is 3.10. The molecule has 0 radical (unpaired) electrons. The summed E-state index contributed by atoms with van der Waals surface area (Å²) in [6, 6.07) is 11.6. The summed E-state index contributed by atoms with van der Waals surface area (Å²) in [6.07, 6.45) is 1.89. The van der Waals surface area contributed by atoms with E-state index in [0.29, 0.717) is 13.2 Å². The van der Waals surface area contributed by atoms with Gasteiger partial charge in [0.15, 0.2) is 5.96 Å². The summed E-state index contributed by atoms with van der Waals surface area (Å²) in [5, 5.41) is 6.67. The van der Waals surface area contributed by atoms with Gasteiger partial charge in [0, 0.05) is 37.0 Å². The molecule has 0 aliphatic carbocycles. The van der Waals surface area contributed by atoms with Crippen LogP contribution >= 0.6 is 0 Å². The summed E-state index contributed by atoms with van der Waals surface area (Å²) in [5.41, 5.74) is 3.33. The molecule has 0 bridgehead atoms. The number of hydrogen-bond acceptors (Lipinski definition) is 3. The summed E-state index contributed by atoms with van der Waals surface area (Å²) in [7, 11) is 0. The molecule has 1 aromatic heterocycles. The molecule has 0 atom stereocenters. The monoisotopic (exact) mass is 398 g/mol.